The molecule has 2 bridgehead atoms. The van der Waals surface area contributed by atoms with Crippen molar-refractivity contribution in [2.45, 2.75) is 39.0 Å². The molecule has 88 valence electrons. The van der Waals surface area contributed by atoms with Gasteiger partial charge in [0.05, 0.1) is 12.7 Å². The lowest BCUT2D eigenvalue weighted by Gasteiger charge is -2.22. The zero-order chi connectivity index (χ0) is 11.5. The molecule has 0 N–H and O–H groups in total. The molecule has 0 amide bonds. The maximum absolute atomic E-state index is 11.5. The number of rotatable bonds is 4. The first kappa shape index (κ1) is 11.4. The van der Waals surface area contributed by atoms with Crippen molar-refractivity contribution in [1.29, 1.82) is 5.26 Å². The Balaban J connectivity index is 1.88. The highest BCUT2D eigenvalue weighted by atomic mass is 16.5. The molecule has 2 aliphatic carbocycles. The summed E-state index contributed by atoms with van der Waals surface area (Å²) in [6.45, 7) is 2.15. The normalized spacial score (nSPS) is 33.4. The maximum atomic E-state index is 11.5. The number of hydrogen-bond donors (Lipinski definition) is 0. The van der Waals surface area contributed by atoms with Crippen LogP contribution in [0.4, 0.5) is 0 Å². The summed E-state index contributed by atoms with van der Waals surface area (Å²) in [5.41, 5.74) is 0. The first-order valence-corrected chi connectivity index (χ1v) is 6.30. The molecule has 3 heteroatoms. The monoisotopic (exact) mass is 221 g/mol. The summed E-state index contributed by atoms with van der Waals surface area (Å²) in [4.78, 5) is 11.5. The van der Waals surface area contributed by atoms with Gasteiger partial charge in [0, 0.05) is 0 Å². The van der Waals surface area contributed by atoms with Crippen LogP contribution in [0, 0.1) is 35.0 Å². The van der Waals surface area contributed by atoms with Crippen molar-refractivity contribution in [2.75, 3.05) is 6.61 Å². The molecule has 0 heterocycles. The Kier molecular flexibility index (Phi) is 3.48. The Morgan fingerprint density at radius 3 is 2.81 bits per heavy atom. The van der Waals surface area contributed by atoms with E-state index in [1.54, 1.807) is 6.92 Å². The van der Waals surface area contributed by atoms with Crippen molar-refractivity contribution >= 4 is 5.97 Å². The van der Waals surface area contributed by atoms with Gasteiger partial charge in [0.15, 0.2) is 0 Å². The molecule has 2 fully saturated rings. The summed E-state index contributed by atoms with van der Waals surface area (Å²) >= 11 is 0. The zero-order valence-electron chi connectivity index (χ0n) is 9.82. The smallest absolute Gasteiger partial charge is 0.323 e. The van der Waals surface area contributed by atoms with Crippen LogP contribution in [0.5, 0.6) is 0 Å². The number of carbonyl (C=O) groups excluding carboxylic acids is 1. The summed E-state index contributed by atoms with van der Waals surface area (Å²) in [5, 5.41) is 9.00. The Morgan fingerprint density at radius 1 is 1.50 bits per heavy atom. The second-order valence-corrected chi connectivity index (χ2v) is 5.10. The summed E-state index contributed by atoms with van der Waals surface area (Å²) in [5.74, 6) is 1.37. The summed E-state index contributed by atoms with van der Waals surface area (Å²) in [6.07, 6.45) is 5.93. The van der Waals surface area contributed by atoms with Gasteiger partial charge in [0.25, 0.3) is 0 Å². The number of fused-ring (bicyclic) bond motifs is 2. The molecule has 0 saturated heterocycles. The van der Waals surface area contributed by atoms with Gasteiger partial charge in [0.1, 0.15) is 5.92 Å². The first-order valence-electron chi connectivity index (χ1n) is 6.30. The standard InChI is InChI=1S/C13H19NO2/c1-2-16-13(15)12(8-14)7-11-6-9-3-4-10(11)5-9/h9-12H,2-7H2,1H3. The molecular weight excluding hydrogens is 202 g/mol. The van der Waals surface area contributed by atoms with Gasteiger partial charge in [-0.25, -0.2) is 0 Å². The molecule has 0 aromatic heterocycles. The Labute approximate surface area is 96.8 Å². The SMILES string of the molecule is CCOC(=O)C(C#N)CC1CC2CCC1C2. The number of nitrogens with zero attached hydrogens (tertiary/aromatic N) is 1. The van der Waals surface area contributed by atoms with Gasteiger partial charge in [-0.2, -0.15) is 5.26 Å². The van der Waals surface area contributed by atoms with E-state index in [1.807, 2.05) is 0 Å². The fourth-order valence-electron chi connectivity index (χ4n) is 3.41. The minimum Gasteiger partial charge on any atom is -0.465 e. The van der Waals surface area contributed by atoms with Gasteiger partial charge in [-0.15, -0.1) is 0 Å². The number of hydrogen-bond acceptors (Lipinski definition) is 3. The van der Waals surface area contributed by atoms with Crippen molar-refractivity contribution in [3.05, 3.63) is 0 Å². The van der Waals surface area contributed by atoms with Crippen molar-refractivity contribution in [2.24, 2.45) is 23.7 Å². The molecule has 0 aliphatic heterocycles. The van der Waals surface area contributed by atoms with Gasteiger partial charge in [0.2, 0.25) is 0 Å². The highest BCUT2D eigenvalue weighted by molar-refractivity contribution is 5.75. The second kappa shape index (κ2) is 4.86. The van der Waals surface area contributed by atoms with Crippen LogP contribution < -0.4 is 0 Å². The fourth-order valence-corrected chi connectivity index (χ4v) is 3.41. The first-order chi connectivity index (χ1) is 7.74. The number of carbonyl (C=O) groups is 1. The molecule has 2 saturated carbocycles. The van der Waals surface area contributed by atoms with Crippen LogP contribution in [0.15, 0.2) is 0 Å². The van der Waals surface area contributed by atoms with E-state index >= 15 is 0 Å². The lowest BCUT2D eigenvalue weighted by atomic mass is 9.82. The largest absolute Gasteiger partial charge is 0.465 e. The van der Waals surface area contributed by atoms with Gasteiger partial charge in [-0.1, -0.05) is 6.42 Å². The van der Waals surface area contributed by atoms with E-state index in [2.05, 4.69) is 6.07 Å². The molecule has 0 spiro atoms. The van der Waals surface area contributed by atoms with E-state index in [0.717, 1.165) is 18.3 Å². The fraction of sp³-hybridized carbons (Fsp3) is 0.846. The lowest BCUT2D eigenvalue weighted by Crippen LogP contribution is -2.22. The molecule has 0 aromatic rings. The van der Waals surface area contributed by atoms with E-state index in [4.69, 9.17) is 10.00 Å². The minimum atomic E-state index is -0.538. The molecule has 3 nitrogen and oxygen atoms in total. The number of ether oxygens (including phenoxy) is 1. The summed E-state index contributed by atoms with van der Waals surface area (Å²) < 4.78 is 4.92. The maximum Gasteiger partial charge on any atom is 0.323 e. The van der Waals surface area contributed by atoms with Crippen molar-refractivity contribution in [3.8, 4) is 6.07 Å². The van der Waals surface area contributed by atoms with Gasteiger partial charge >= 0.3 is 5.97 Å². The summed E-state index contributed by atoms with van der Waals surface area (Å²) in [6, 6.07) is 2.10. The molecule has 2 rings (SSSR count). The number of esters is 1. The topological polar surface area (TPSA) is 50.1 Å². The van der Waals surface area contributed by atoms with Crippen LogP contribution in [0.1, 0.15) is 39.0 Å². The average molecular weight is 221 g/mol. The van der Waals surface area contributed by atoms with Crippen LogP contribution in [-0.4, -0.2) is 12.6 Å². The third kappa shape index (κ3) is 2.21. The van der Waals surface area contributed by atoms with Gasteiger partial charge in [-0.3, -0.25) is 4.79 Å². The van der Waals surface area contributed by atoms with E-state index in [1.165, 1.54) is 25.7 Å². The van der Waals surface area contributed by atoms with Crippen LogP contribution in [-0.2, 0) is 9.53 Å². The lowest BCUT2D eigenvalue weighted by molar-refractivity contribution is -0.146. The molecule has 0 radical (unpaired) electrons. The highest BCUT2D eigenvalue weighted by Crippen LogP contribution is 2.50. The average Bonchev–Trinajstić information content (AvgIpc) is 2.87. The summed E-state index contributed by atoms with van der Waals surface area (Å²) in [7, 11) is 0. The van der Waals surface area contributed by atoms with Crippen LogP contribution in [0.2, 0.25) is 0 Å². The second-order valence-electron chi connectivity index (χ2n) is 5.10. The molecular formula is C13H19NO2. The Morgan fingerprint density at radius 2 is 2.31 bits per heavy atom. The van der Waals surface area contributed by atoms with Crippen LogP contribution in [0.25, 0.3) is 0 Å². The van der Waals surface area contributed by atoms with Crippen LogP contribution in [0.3, 0.4) is 0 Å². The van der Waals surface area contributed by atoms with E-state index in [0.29, 0.717) is 12.5 Å². The predicted octanol–water partition coefficient (Wildman–Crippen LogP) is 2.52. The Bertz CT molecular complexity index is 308. The third-order valence-electron chi connectivity index (χ3n) is 4.15. The van der Waals surface area contributed by atoms with E-state index < -0.39 is 5.92 Å². The van der Waals surface area contributed by atoms with Crippen molar-refractivity contribution in [1.82, 2.24) is 0 Å². The van der Waals surface area contributed by atoms with Crippen molar-refractivity contribution in [3.63, 3.8) is 0 Å². The zero-order valence-corrected chi connectivity index (χ0v) is 9.82. The molecule has 2 aliphatic rings. The molecule has 16 heavy (non-hydrogen) atoms. The highest BCUT2D eigenvalue weighted by Gasteiger charge is 2.41. The molecule has 4 unspecified atom stereocenters. The predicted molar refractivity (Wildman–Crippen MR) is 59.3 cm³/mol. The van der Waals surface area contributed by atoms with Gasteiger partial charge in [-0.05, 0) is 50.4 Å². The van der Waals surface area contributed by atoms with E-state index in [-0.39, 0.29) is 5.97 Å². The van der Waals surface area contributed by atoms with Crippen molar-refractivity contribution < 1.29 is 9.53 Å². The van der Waals surface area contributed by atoms with E-state index in [9.17, 15) is 4.79 Å². The van der Waals surface area contributed by atoms with Gasteiger partial charge < -0.3 is 4.74 Å². The number of nitriles is 1. The minimum absolute atomic E-state index is 0.326. The quantitative estimate of drug-likeness (QED) is 0.685. The molecule has 0 aromatic carbocycles. The van der Waals surface area contributed by atoms with Crippen LogP contribution >= 0.6 is 0 Å². The molecule has 4 atom stereocenters. The Hall–Kier alpha value is -1.04. The third-order valence-corrected chi connectivity index (χ3v) is 4.15.